The Hall–Kier alpha value is -3.09. The number of aromatic nitrogens is 1. The fourth-order valence-corrected chi connectivity index (χ4v) is 2.96. The Morgan fingerprint density at radius 1 is 1.20 bits per heavy atom. The van der Waals surface area contributed by atoms with Crippen molar-refractivity contribution in [1.82, 2.24) is 10.3 Å². The number of ether oxygens (including phenoxy) is 2. The number of hydrogen-bond acceptors (Lipinski definition) is 5. The molecule has 0 radical (unpaired) electrons. The minimum Gasteiger partial charge on any atom is -0.454 e. The van der Waals surface area contributed by atoms with E-state index in [1.54, 1.807) is 35.5 Å². The number of anilines is 1. The second-order valence-electron chi connectivity index (χ2n) is 5.95. The largest absolute Gasteiger partial charge is 0.454 e. The van der Waals surface area contributed by atoms with Crippen LogP contribution in [0, 0.1) is 0 Å². The summed E-state index contributed by atoms with van der Waals surface area (Å²) >= 11 is 0. The van der Waals surface area contributed by atoms with E-state index < -0.39 is 0 Å². The maximum Gasteiger partial charge on any atom is 0.251 e. The highest BCUT2D eigenvalue weighted by Gasteiger charge is 2.22. The summed E-state index contributed by atoms with van der Waals surface area (Å²) < 4.78 is 10.5. The molecule has 4 rings (SSSR count). The van der Waals surface area contributed by atoms with Crippen LogP contribution in [0.2, 0.25) is 0 Å². The Labute approximate surface area is 144 Å². The minimum atomic E-state index is -0.207. The second-order valence-corrected chi connectivity index (χ2v) is 5.95. The molecule has 2 aliphatic heterocycles. The van der Waals surface area contributed by atoms with Crippen LogP contribution in [0.25, 0.3) is 0 Å². The van der Waals surface area contributed by atoms with Gasteiger partial charge in [0.1, 0.15) is 0 Å². The molecule has 1 N–H and O–H groups in total. The van der Waals surface area contributed by atoms with Crippen molar-refractivity contribution in [1.29, 1.82) is 0 Å². The molecular formula is C18H17N3O4. The van der Waals surface area contributed by atoms with Gasteiger partial charge in [-0.25, -0.2) is 0 Å². The van der Waals surface area contributed by atoms with Gasteiger partial charge in [-0.2, -0.15) is 0 Å². The number of pyridine rings is 1. The van der Waals surface area contributed by atoms with E-state index in [1.807, 2.05) is 6.07 Å². The van der Waals surface area contributed by atoms with Crippen LogP contribution in [-0.2, 0) is 11.3 Å². The van der Waals surface area contributed by atoms with Gasteiger partial charge in [-0.1, -0.05) is 0 Å². The van der Waals surface area contributed by atoms with Crippen molar-refractivity contribution >= 4 is 17.5 Å². The van der Waals surface area contributed by atoms with Crippen LogP contribution in [0.3, 0.4) is 0 Å². The monoisotopic (exact) mass is 339 g/mol. The van der Waals surface area contributed by atoms with Crippen LogP contribution in [0.5, 0.6) is 11.5 Å². The van der Waals surface area contributed by atoms with Crippen LogP contribution in [0.4, 0.5) is 5.69 Å². The molecule has 2 aliphatic rings. The summed E-state index contributed by atoms with van der Waals surface area (Å²) in [5.74, 6) is 1.12. The van der Waals surface area contributed by atoms with Crippen LogP contribution < -0.4 is 19.7 Å². The molecule has 0 saturated carbocycles. The van der Waals surface area contributed by atoms with Gasteiger partial charge in [-0.05, 0) is 36.2 Å². The molecule has 0 spiro atoms. The lowest BCUT2D eigenvalue weighted by Gasteiger charge is -2.16. The van der Waals surface area contributed by atoms with E-state index in [4.69, 9.17) is 9.47 Å². The van der Waals surface area contributed by atoms with Gasteiger partial charge in [-0.3, -0.25) is 14.6 Å². The van der Waals surface area contributed by atoms with Crippen molar-refractivity contribution in [2.24, 2.45) is 0 Å². The molecule has 7 nitrogen and oxygen atoms in total. The molecule has 2 amide bonds. The molecule has 25 heavy (non-hydrogen) atoms. The van der Waals surface area contributed by atoms with Crippen LogP contribution in [0.1, 0.15) is 28.8 Å². The number of carbonyl (C=O) groups is 2. The molecule has 0 bridgehead atoms. The number of nitrogens with one attached hydrogen (secondary N) is 1. The molecule has 1 fully saturated rings. The number of fused-ring (bicyclic) bond motifs is 1. The highest BCUT2D eigenvalue weighted by atomic mass is 16.7. The summed E-state index contributed by atoms with van der Waals surface area (Å²) in [6.45, 7) is 1.22. The molecule has 1 saturated heterocycles. The molecule has 1 aromatic heterocycles. The Kier molecular flexibility index (Phi) is 3.97. The molecule has 7 heteroatoms. The van der Waals surface area contributed by atoms with Gasteiger partial charge in [0.15, 0.2) is 11.5 Å². The average molecular weight is 339 g/mol. The molecule has 0 unspecified atom stereocenters. The van der Waals surface area contributed by atoms with Crippen LogP contribution in [0.15, 0.2) is 36.7 Å². The number of nitrogens with zero attached hydrogens (tertiary/aromatic N) is 2. The Balaban J connectivity index is 1.42. The lowest BCUT2D eigenvalue weighted by molar-refractivity contribution is -0.117. The zero-order valence-electron chi connectivity index (χ0n) is 13.5. The normalized spacial score (nSPS) is 15.5. The van der Waals surface area contributed by atoms with Gasteiger partial charge in [0.25, 0.3) is 5.91 Å². The fraction of sp³-hybridized carbons (Fsp3) is 0.278. The van der Waals surface area contributed by atoms with E-state index >= 15 is 0 Å². The first-order valence-corrected chi connectivity index (χ1v) is 8.13. The van der Waals surface area contributed by atoms with Crippen LogP contribution in [-0.4, -0.2) is 30.1 Å². The molecule has 1 aromatic carbocycles. The summed E-state index contributed by atoms with van der Waals surface area (Å²) in [7, 11) is 0. The van der Waals surface area contributed by atoms with Gasteiger partial charge in [0.05, 0.1) is 11.9 Å². The van der Waals surface area contributed by atoms with Gasteiger partial charge in [0.2, 0.25) is 12.7 Å². The number of hydrogen-bond donors (Lipinski definition) is 1. The topological polar surface area (TPSA) is 80.8 Å². The zero-order chi connectivity index (χ0) is 17.2. The summed E-state index contributed by atoms with van der Waals surface area (Å²) in [6.07, 6.45) is 4.80. The van der Waals surface area contributed by atoms with Gasteiger partial charge in [-0.15, -0.1) is 0 Å². The van der Waals surface area contributed by atoms with Crippen molar-refractivity contribution in [3.63, 3.8) is 0 Å². The van der Waals surface area contributed by atoms with Crippen LogP contribution >= 0.6 is 0 Å². The first-order valence-electron chi connectivity index (χ1n) is 8.13. The predicted octanol–water partition coefficient (Wildman–Crippen LogP) is 1.87. The third-order valence-electron chi connectivity index (χ3n) is 4.25. The summed E-state index contributed by atoms with van der Waals surface area (Å²) in [4.78, 5) is 30.1. The predicted molar refractivity (Wildman–Crippen MR) is 89.6 cm³/mol. The van der Waals surface area contributed by atoms with Crippen molar-refractivity contribution in [2.45, 2.75) is 19.4 Å². The van der Waals surface area contributed by atoms with Gasteiger partial charge >= 0.3 is 0 Å². The number of amides is 2. The average Bonchev–Trinajstić information content (AvgIpc) is 3.27. The fourth-order valence-electron chi connectivity index (χ4n) is 2.96. The van der Waals surface area contributed by atoms with Crippen molar-refractivity contribution in [3.8, 4) is 11.5 Å². The molecule has 2 aromatic rings. The summed E-state index contributed by atoms with van der Waals surface area (Å²) in [5, 5.41) is 2.86. The summed E-state index contributed by atoms with van der Waals surface area (Å²) in [6, 6.07) is 6.96. The van der Waals surface area contributed by atoms with Crippen molar-refractivity contribution in [2.75, 3.05) is 18.2 Å². The SMILES string of the molecule is O=C(NCc1cncc(N2CCCC2=O)c1)c1ccc2c(c1)OCO2. The Morgan fingerprint density at radius 3 is 2.92 bits per heavy atom. The molecular weight excluding hydrogens is 322 g/mol. The third kappa shape index (κ3) is 3.13. The van der Waals surface area contributed by atoms with Gasteiger partial charge in [0, 0.05) is 31.3 Å². The lowest BCUT2D eigenvalue weighted by atomic mass is 10.2. The number of carbonyl (C=O) groups excluding carboxylic acids is 2. The highest BCUT2D eigenvalue weighted by molar-refractivity contribution is 5.96. The molecule has 3 heterocycles. The molecule has 128 valence electrons. The van der Waals surface area contributed by atoms with E-state index in [0.717, 1.165) is 17.7 Å². The van der Waals surface area contributed by atoms with E-state index in [9.17, 15) is 9.59 Å². The first kappa shape index (κ1) is 15.4. The van der Waals surface area contributed by atoms with E-state index in [2.05, 4.69) is 10.3 Å². The van der Waals surface area contributed by atoms with Crippen molar-refractivity contribution in [3.05, 3.63) is 47.8 Å². The summed E-state index contributed by atoms with van der Waals surface area (Å²) in [5.41, 5.74) is 2.12. The molecule has 0 atom stereocenters. The maximum absolute atomic E-state index is 12.3. The third-order valence-corrected chi connectivity index (χ3v) is 4.25. The Morgan fingerprint density at radius 2 is 2.08 bits per heavy atom. The van der Waals surface area contributed by atoms with Crippen molar-refractivity contribution < 1.29 is 19.1 Å². The van der Waals surface area contributed by atoms with E-state index in [0.29, 0.717) is 36.6 Å². The smallest absolute Gasteiger partial charge is 0.251 e. The minimum absolute atomic E-state index is 0.114. The number of rotatable bonds is 4. The quantitative estimate of drug-likeness (QED) is 0.920. The Bertz CT molecular complexity index is 837. The standard InChI is InChI=1S/C18H17N3O4/c22-17-2-1-5-21(17)14-6-12(8-19-10-14)9-20-18(23)13-3-4-15-16(7-13)25-11-24-15/h3-4,6-8,10H,1-2,5,9,11H2,(H,20,23). The lowest BCUT2D eigenvalue weighted by Crippen LogP contribution is -2.25. The highest BCUT2D eigenvalue weighted by Crippen LogP contribution is 2.32. The first-order chi connectivity index (χ1) is 12.2. The second kappa shape index (κ2) is 6.43. The zero-order valence-corrected chi connectivity index (χ0v) is 13.5. The van der Waals surface area contributed by atoms with E-state index in [1.165, 1.54) is 0 Å². The van der Waals surface area contributed by atoms with E-state index in [-0.39, 0.29) is 18.6 Å². The number of benzene rings is 1. The maximum atomic E-state index is 12.3. The molecule has 0 aliphatic carbocycles. The van der Waals surface area contributed by atoms with Gasteiger partial charge < -0.3 is 19.7 Å².